The molecular formula is C13H19F3OS. The van der Waals surface area contributed by atoms with Crippen LogP contribution in [-0.4, -0.2) is 23.0 Å². The van der Waals surface area contributed by atoms with Crippen molar-refractivity contribution in [1.82, 2.24) is 0 Å². The van der Waals surface area contributed by atoms with Crippen LogP contribution in [0.2, 0.25) is 0 Å². The third kappa shape index (κ3) is 3.43. The van der Waals surface area contributed by atoms with Crippen LogP contribution < -0.4 is 0 Å². The van der Waals surface area contributed by atoms with E-state index in [0.29, 0.717) is 12.8 Å². The minimum atomic E-state index is -4.08. The molecule has 104 valence electrons. The van der Waals surface area contributed by atoms with E-state index in [0.717, 1.165) is 25.0 Å². The molecule has 2 aliphatic rings. The quantitative estimate of drug-likeness (QED) is 0.753. The lowest BCUT2D eigenvalue weighted by molar-refractivity contribution is -0.184. The number of halogens is 3. The molecule has 0 spiro atoms. The van der Waals surface area contributed by atoms with Crippen LogP contribution in [0.4, 0.5) is 13.2 Å². The van der Waals surface area contributed by atoms with Crippen LogP contribution in [0, 0.1) is 11.8 Å². The summed E-state index contributed by atoms with van der Waals surface area (Å²) in [6.07, 6.45) is 0.224. The Kier molecular flexibility index (Phi) is 4.62. The normalized spacial score (nSPS) is 34.3. The molecule has 1 aliphatic carbocycles. The second-order valence-electron chi connectivity index (χ2n) is 5.35. The Morgan fingerprint density at radius 1 is 1.00 bits per heavy atom. The number of Topliss-reactive ketones (excluding diaryl/α,β-unsaturated/α-hetero) is 1. The summed E-state index contributed by atoms with van der Waals surface area (Å²) in [5.74, 6) is -0.0472. The fourth-order valence-corrected chi connectivity index (χ4v) is 4.28. The molecule has 0 aromatic rings. The van der Waals surface area contributed by atoms with E-state index in [1.165, 1.54) is 0 Å². The highest BCUT2D eigenvalue weighted by molar-refractivity contribution is 8.00. The fraction of sp³-hybridized carbons (Fsp3) is 0.923. The average Bonchev–Trinajstić information content (AvgIpc) is 2.38. The van der Waals surface area contributed by atoms with Crippen molar-refractivity contribution < 1.29 is 18.0 Å². The van der Waals surface area contributed by atoms with E-state index in [-0.39, 0.29) is 29.8 Å². The van der Waals surface area contributed by atoms with Crippen molar-refractivity contribution in [2.75, 3.05) is 5.75 Å². The van der Waals surface area contributed by atoms with Gasteiger partial charge in [-0.1, -0.05) is 6.42 Å². The zero-order chi connectivity index (χ0) is 13.2. The number of carbonyl (C=O) groups is 1. The summed E-state index contributed by atoms with van der Waals surface area (Å²) in [7, 11) is 0. The lowest BCUT2D eigenvalue weighted by atomic mass is 9.78. The van der Waals surface area contributed by atoms with Crippen LogP contribution in [0.1, 0.15) is 44.9 Å². The summed E-state index contributed by atoms with van der Waals surface area (Å²) >= 11 is 1.70. The molecule has 1 atom stereocenters. The van der Waals surface area contributed by atoms with Gasteiger partial charge in [-0.25, -0.2) is 0 Å². The maximum Gasteiger partial charge on any atom is 0.391 e. The van der Waals surface area contributed by atoms with Crippen LogP contribution in [0.25, 0.3) is 0 Å². The largest absolute Gasteiger partial charge is 0.391 e. The topological polar surface area (TPSA) is 17.1 Å². The van der Waals surface area contributed by atoms with Crippen LogP contribution in [0.5, 0.6) is 0 Å². The van der Waals surface area contributed by atoms with E-state index >= 15 is 0 Å². The van der Waals surface area contributed by atoms with E-state index in [2.05, 4.69) is 0 Å². The number of rotatable bonds is 2. The third-order valence-electron chi connectivity index (χ3n) is 4.09. The zero-order valence-corrected chi connectivity index (χ0v) is 11.2. The molecule has 0 N–H and O–H groups in total. The van der Waals surface area contributed by atoms with Gasteiger partial charge in [-0.15, -0.1) is 0 Å². The third-order valence-corrected chi connectivity index (χ3v) is 5.48. The molecule has 0 aromatic heterocycles. The minimum Gasteiger partial charge on any atom is -0.298 e. The summed E-state index contributed by atoms with van der Waals surface area (Å²) in [5.41, 5.74) is 0. The fourth-order valence-electron chi connectivity index (χ4n) is 2.93. The Morgan fingerprint density at radius 3 is 2.17 bits per heavy atom. The predicted molar refractivity (Wildman–Crippen MR) is 66.6 cm³/mol. The van der Waals surface area contributed by atoms with Gasteiger partial charge in [0.25, 0.3) is 0 Å². The lowest BCUT2D eigenvalue weighted by Crippen LogP contribution is -2.34. The lowest BCUT2D eigenvalue weighted by Gasteiger charge is -2.31. The Morgan fingerprint density at radius 2 is 1.67 bits per heavy atom. The second kappa shape index (κ2) is 5.85. The van der Waals surface area contributed by atoms with Gasteiger partial charge in [0.1, 0.15) is 5.78 Å². The van der Waals surface area contributed by atoms with Gasteiger partial charge in [0.05, 0.1) is 11.2 Å². The number of hydrogen-bond donors (Lipinski definition) is 0. The molecule has 1 nitrogen and oxygen atoms in total. The maximum atomic E-state index is 12.5. The van der Waals surface area contributed by atoms with Gasteiger partial charge < -0.3 is 0 Å². The highest BCUT2D eigenvalue weighted by Gasteiger charge is 2.43. The molecule has 0 aromatic carbocycles. The first-order valence-corrected chi connectivity index (χ1v) is 7.75. The summed E-state index contributed by atoms with van der Waals surface area (Å²) in [4.78, 5) is 12.2. The van der Waals surface area contributed by atoms with Crippen molar-refractivity contribution in [2.45, 2.75) is 56.4 Å². The molecule has 1 saturated heterocycles. The Balaban J connectivity index is 1.83. The molecule has 1 saturated carbocycles. The molecule has 0 bridgehead atoms. The minimum absolute atomic E-state index is 0.0613. The highest BCUT2D eigenvalue weighted by atomic mass is 32.2. The molecule has 1 heterocycles. The molecule has 0 amide bonds. The smallest absolute Gasteiger partial charge is 0.298 e. The summed E-state index contributed by atoms with van der Waals surface area (Å²) in [6, 6.07) is 0. The Bertz CT molecular complexity index is 289. The molecule has 5 heteroatoms. The summed E-state index contributed by atoms with van der Waals surface area (Å²) in [5, 5.41) is 0.0613. The van der Waals surface area contributed by atoms with Crippen molar-refractivity contribution in [3.05, 3.63) is 0 Å². The monoisotopic (exact) mass is 280 g/mol. The summed E-state index contributed by atoms with van der Waals surface area (Å²) < 4.78 is 37.6. The Labute approximate surface area is 110 Å². The van der Waals surface area contributed by atoms with Gasteiger partial charge in [-0.3, -0.25) is 4.79 Å². The first-order valence-electron chi connectivity index (χ1n) is 6.70. The Hall–Kier alpha value is -0.190. The van der Waals surface area contributed by atoms with E-state index in [4.69, 9.17) is 0 Å². The SMILES string of the molecule is O=C(C1CCC(C(F)(F)F)CC1)C1CCCCS1. The van der Waals surface area contributed by atoms with Crippen molar-refractivity contribution in [3.8, 4) is 0 Å². The van der Waals surface area contributed by atoms with Gasteiger partial charge in [0.15, 0.2) is 0 Å². The van der Waals surface area contributed by atoms with Gasteiger partial charge in [-0.05, 0) is 44.3 Å². The molecule has 18 heavy (non-hydrogen) atoms. The van der Waals surface area contributed by atoms with E-state index in [1.54, 1.807) is 11.8 Å². The molecule has 1 unspecified atom stereocenters. The molecular weight excluding hydrogens is 261 g/mol. The number of hydrogen-bond acceptors (Lipinski definition) is 2. The predicted octanol–water partition coefficient (Wildman–Crippen LogP) is 4.21. The van der Waals surface area contributed by atoms with E-state index < -0.39 is 12.1 Å². The number of carbonyl (C=O) groups excluding carboxylic acids is 1. The summed E-state index contributed by atoms with van der Waals surface area (Å²) in [6.45, 7) is 0. The molecule has 1 aliphatic heterocycles. The van der Waals surface area contributed by atoms with Crippen molar-refractivity contribution in [3.63, 3.8) is 0 Å². The highest BCUT2D eigenvalue weighted by Crippen LogP contribution is 2.41. The standard InChI is InChI=1S/C13H19F3OS/c14-13(15,16)10-6-4-9(5-7-10)12(17)11-3-1-2-8-18-11/h9-11H,1-8H2. The van der Waals surface area contributed by atoms with Gasteiger partial charge in [-0.2, -0.15) is 24.9 Å². The zero-order valence-electron chi connectivity index (χ0n) is 10.3. The molecule has 2 fully saturated rings. The van der Waals surface area contributed by atoms with Gasteiger partial charge in [0.2, 0.25) is 0 Å². The van der Waals surface area contributed by atoms with Crippen LogP contribution in [-0.2, 0) is 4.79 Å². The first kappa shape index (κ1) is 14.2. The van der Waals surface area contributed by atoms with Gasteiger partial charge >= 0.3 is 6.18 Å². The second-order valence-corrected chi connectivity index (χ2v) is 6.66. The number of thioether (sulfide) groups is 1. The average molecular weight is 280 g/mol. The van der Waals surface area contributed by atoms with Crippen molar-refractivity contribution in [1.29, 1.82) is 0 Å². The van der Waals surface area contributed by atoms with Crippen molar-refractivity contribution >= 4 is 17.5 Å². The van der Waals surface area contributed by atoms with Crippen LogP contribution in [0.15, 0.2) is 0 Å². The van der Waals surface area contributed by atoms with Crippen LogP contribution >= 0.6 is 11.8 Å². The number of ketones is 1. The first-order chi connectivity index (χ1) is 8.48. The van der Waals surface area contributed by atoms with Crippen molar-refractivity contribution in [2.24, 2.45) is 11.8 Å². The number of alkyl halides is 3. The maximum absolute atomic E-state index is 12.5. The van der Waals surface area contributed by atoms with E-state index in [9.17, 15) is 18.0 Å². The van der Waals surface area contributed by atoms with E-state index in [1.807, 2.05) is 0 Å². The molecule has 2 rings (SSSR count). The van der Waals surface area contributed by atoms with Gasteiger partial charge in [0, 0.05) is 5.92 Å². The van der Waals surface area contributed by atoms with Crippen LogP contribution in [0.3, 0.4) is 0 Å². The molecule has 0 radical (unpaired) electrons.